The third-order valence-electron chi connectivity index (χ3n) is 3.44. The number of benzene rings is 1. The fourth-order valence-electron chi connectivity index (χ4n) is 2.49. The summed E-state index contributed by atoms with van der Waals surface area (Å²) in [5.41, 5.74) is 6.93. The maximum Gasteiger partial charge on any atom is 0.231 e. The Morgan fingerprint density at radius 3 is 2.86 bits per heavy atom. The maximum absolute atomic E-state index is 10.9. The number of nitrogens with zero attached hydrogens (tertiary/aromatic N) is 3. The molecule has 1 aliphatic heterocycles. The van der Waals surface area contributed by atoms with E-state index in [9.17, 15) is 4.79 Å². The number of carbonyl (C=O) groups is 1. The molecule has 6 nitrogen and oxygen atoms in total. The first-order chi connectivity index (χ1) is 10.1. The van der Waals surface area contributed by atoms with Gasteiger partial charge in [-0.3, -0.25) is 9.69 Å². The summed E-state index contributed by atoms with van der Waals surface area (Å²) in [5.74, 6) is -0.336. The van der Waals surface area contributed by atoms with Gasteiger partial charge in [0.1, 0.15) is 0 Å². The molecule has 0 bridgehead atoms. The minimum Gasteiger partial charge on any atom is -0.373 e. The van der Waals surface area contributed by atoms with E-state index in [1.807, 2.05) is 36.2 Å². The average molecular weight is 288 g/mol. The zero-order valence-electron chi connectivity index (χ0n) is 12.2. The van der Waals surface area contributed by atoms with Crippen LogP contribution in [0.3, 0.4) is 0 Å². The molecular weight excluding hydrogens is 268 g/mol. The molecule has 1 fully saturated rings. The molecule has 1 heterocycles. The number of ether oxygens (including phenoxy) is 1. The van der Waals surface area contributed by atoms with E-state index in [4.69, 9.17) is 15.7 Å². The van der Waals surface area contributed by atoms with Crippen molar-refractivity contribution in [2.24, 2.45) is 5.73 Å². The Hall–Kier alpha value is -2.10. The Kier molecular flexibility index (Phi) is 5.14. The first-order valence-corrected chi connectivity index (χ1v) is 6.92. The molecule has 1 amide bonds. The molecule has 112 valence electrons. The van der Waals surface area contributed by atoms with Gasteiger partial charge >= 0.3 is 0 Å². The molecule has 1 aromatic carbocycles. The Balaban J connectivity index is 1.93. The monoisotopic (exact) mass is 288 g/mol. The molecule has 0 radical (unpaired) electrons. The number of carbonyl (C=O) groups excluding carboxylic acids is 1. The highest BCUT2D eigenvalue weighted by Gasteiger charge is 2.22. The van der Waals surface area contributed by atoms with E-state index in [0.29, 0.717) is 18.7 Å². The van der Waals surface area contributed by atoms with E-state index in [1.54, 1.807) is 0 Å². The molecule has 2 N–H and O–H groups in total. The van der Waals surface area contributed by atoms with Gasteiger partial charge in [-0.1, -0.05) is 0 Å². The Bertz CT molecular complexity index is 523. The molecule has 1 aliphatic rings. The van der Waals surface area contributed by atoms with Crippen LogP contribution in [-0.2, 0) is 9.53 Å². The van der Waals surface area contributed by atoms with Crippen LogP contribution >= 0.6 is 0 Å². The SMILES string of the molecule is CN(CC(N)=O)C[C@H]1CN(c2ccc(C#N)cc2)CCO1. The Morgan fingerprint density at radius 1 is 1.52 bits per heavy atom. The summed E-state index contributed by atoms with van der Waals surface area (Å²) in [7, 11) is 1.86. The van der Waals surface area contributed by atoms with Crippen LogP contribution in [0.25, 0.3) is 0 Å². The Labute approximate surface area is 124 Å². The molecule has 2 rings (SSSR count). The largest absolute Gasteiger partial charge is 0.373 e. The molecule has 0 spiro atoms. The quantitative estimate of drug-likeness (QED) is 0.836. The lowest BCUT2D eigenvalue weighted by Crippen LogP contribution is -2.48. The van der Waals surface area contributed by atoms with E-state index in [0.717, 1.165) is 18.8 Å². The molecule has 6 heteroatoms. The summed E-state index contributed by atoms with van der Waals surface area (Å²) in [6.45, 7) is 3.12. The van der Waals surface area contributed by atoms with Gasteiger partial charge in [-0.25, -0.2) is 0 Å². The smallest absolute Gasteiger partial charge is 0.231 e. The predicted octanol–water partition coefficient (Wildman–Crippen LogP) is 0.181. The van der Waals surface area contributed by atoms with E-state index in [2.05, 4.69) is 11.0 Å². The highest BCUT2D eigenvalue weighted by atomic mass is 16.5. The number of amides is 1. The van der Waals surface area contributed by atoms with Crippen LogP contribution in [0.2, 0.25) is 0 Å². The number of hydrogen-bond donors (Lipinski definition) is 1. The van der Waals surface area contributed by atoms with Gasteiger partial charge in [0.15, 0.2) is 0 Å². The first kappa shape index (κ1) is 15.3. The van der Waals surface area contributed by atoms with Crippen molar-refractivity contribution in [3.63, 3.8) is 0 Å². The number of primary amides is 1. The minimum absolute atomic E-state index is 0.0405. The second-order valence-electron chi connectivity index (χ2n) is 5.26. The van der Waals surface area contributed by atoms with Crippen molar-refractivity contribution in [2.45, 2.75) is 6.10 Å². The van der Waals surface area contributed by atoms with Gasteiger partial charge in [-0.15, -0.1) is 0 Å². The maximum atomic E-state index is 10.9. The first-order valence-electron chi connectivity index (χ1n) is 6.92. The molecule has 1 aromatic rings. The van der Waals surface area contributed by atoms with E-state index in [1.165, 1.54) is 0 Å². The molecular formula is C15H20N4O2. The predicted molar refractivity (Wildman–Crippen MR) is 79.8 cm³/mol. The molecule has 0 aliphatic carbocycles. The van der Waals surface area contributed by atoms with Crippen LogP contribution in [0.1, 0.15) is 5.56 Å². The zero-order chi connectivity index (χ0) is 15.2. The number of nitrogens with two attached hydrogens (primary N) is 1. The summed E-state index contributed by atoms with van der Waals surface area (Å²) in [4.78, 5) is 15.0. The lowest BCUT2D eigenvalue weighted by molar-refractivity contribution is -0.119. The molecule has 1 saturated heterocycles. The summed E-state index contributed by atoms with van der Waals surface area (Å²) in [6, 6.07) is 9.66. The number of nitriles is 1. The highest BCUT2D eigenvalue weighted by molar-refractivity contribution is 5.75. The summed E-state index contributed by atoms with van der Waals surface area (Å²) < 4.78 is 5.74. The van der Waals surface area contributed by atoms with Gasteiger partial charge in [0, 0.05) is 25.3 Å². The van der Waals surface area contributed by atoms with Gasteiger partial charge in [-0.2, -0.15) is 5.26 Å². The fraction of sp³-hybridized carbons (Fsp3) is 0.467. The van der Waals surface area contributed by atoms with Gasteiger partial charge < -0.3 is 15.4 Å². The van der Waals surface area contributed by atoms with Crippen molar-refractivity contribution in [2.75, 3.05) is 44.7 Å². The fourth-order valence-corrected chi connectivity index (χ4v) is 2.49. The highest BCUT2D eigenvalue weighted by Crippen LogP contribution is 2.18. The van der Waals surface area contributed by atoms with E-state index in [-0.39, 0.29) is 18.6 Å². The molecule has 21 heavy (non-hydrogen) atoms. The second-order valence-corrected chi connectivity index (χ2v) is 5.26. The standard InChI is InChI=1S/C15H20N4O2/c1-18(11-15(17)20)9-14-10-19(6-7-21-14)13-4-2-12(8-16)3-5-13/h2-5,14H,6-7,9-11H2,1H3,(H2,17,20)/t14-/m0/s1. The van der Waals surface area contributed by atoms with Crippen LogP contribution in [0, 0.1) is 11.3 Å². The van der Waals surface area contributed by atoms with E-state index >= 15 is 0 Å². The van der Waals surface area contributed by atoms with Crippen LogP contribution in [0.4, 0.5) is 5.69 Å². The summed E-state index contributed by atoms with van der Waals surface area (Å²) in [6.07, 6.45) is 0.0405. The number of rotatable bonds is 5. The number of hydrogen-bond acceptors (Lipinski definition) is 5. The van der Waals surface area contributed by atoms with Crippen LogP contribution in [0.15, 0.2) is 24.3 Å². The molecule has 0 saturated carbocycles. The topological polar surface area (TPSA) is 82.6 Å². The van der Waals surface area contributed by atoms with Gasteiger partial charge in [0.05, 0.1) is 30.9 Å². The number of likely N-dealkylation sites (N-methyl/N-ethyl adjacent to an activating group) is 1. The number of anilines is 1. The van der Waals surface area contributed by atoms with Crippen LogP contribution in [-0.4, -0.2) is 56.7 Å². The van der Waals surface area contributed by atoms with Crippen LogP contribution < -0.4 is 10.6 Å². The molecule has 0 aromatic heterocycles. The van der Waals surface area contributed by atoms with E-state index < -0.39 is 0 Å². The molecule has 0 unspecified atom stereocenters. The van der Waals surface area contributed by atoms with Crippen molar-refractivity contribution in [1.29, 1.82) is 5.26 Å². The average Bonchev–Trinajstić information content (AvgIpc) is 2.46. The van der Waals surface area contributed by atoms with Crippen LogP contribution in [0.5, 0.6) is 0 Å². The van der Waals surface area contributed by atoms with Crippen molar-refractivity contribution >= 4 is 11.6 Å². The lowest BCUT2D eigenvalue weighted by atomic mass is 10.2. The van der Waals surface area contributed by atoms with Gasteiger partial charge in [-0.05, 0) is 31.3 Å². The van der Waals surface area contributed by atoms with Gasteiger partial charge in [0.2, 0.25) is 5.91 Å². The zero-order valence-corrected chi connectivity index (χ0v) is 12.2. The second kappa shape index (κ2) is 7.07. The van der Waals surface area contributed by atoms with Crippen molar-refractivity contribution in [3.8, 4) is 6.07 Å². The van der Waals surface area contributed by atoms with Crippen molar-refractivity contribution < 1.29 is 9.53 Å². The third-order valence-corrected chi connectivity index (χ3v) is 3.44. The third kappa shape index (κ3) is 4.45. The van der Waals surface area contributed by atoms with Gasteiger partial charge in [0.25, 0.3) is 0 Å². The van der Waals surface area contributed by atoms with Crippen molar-refractivity contribution in [1.82, 2.24) is 4.90 Å². The Morgan fingerprint density at radius 2 is 2.24 bits per heavy atom. The summed E-state index contributed by atoms with van der Waals surface area (Å²) >= 11 is 0. The van der Waals surface area contributed by atoms with Crippen molar-refractivity contribution in [3.05, 3.63) is 29.8 Å². The normalized spacial score (nSPS) is 18.5. The molecule has 1 atom stereocenters. The lowest BCUT2D eigenvalue weighted by Gasteiger charge is -2.36. The minimum atomic E-state index is -0.336. The number of morpholine rings is 1. The summed E-state index contributed by atoms with van der Waals surface area (Å²) in [5, 5.41) is 8.83.